The fourth-order valence-corrected chi connectivity index (χ4v) is 4.35. The van der Waals surface area contributed by atoms with Gasteiger partial charge in [0.15, 0.2) is 0 Å². The summed E-state index contributed by atoms with van der Waals surface area (Å²) in [7, 11) is -3.57. The molecule has 1 aromatic carbocycles. The van der Waals surface area contributed by atoms with Crippen LogP contribution in [0, 0.1) is 12.8 Å². The second-order valence-electron chi connectivity index (χ2n) is 5.45. The van der Waals surface area contributed by atoms with Crippen LogP contribution >= 0.6 is 11.6 Å². The number of sulfonamides is 1. The SMILES string of the molecule is CCCN(CC1CC1)S(=O)(=O)c1cc(N)c(C)cc1Cl. The average molecular weight is 317 g/mol. The van der Waals surface area contributed by atoms with Crippen LogP contribution in [0.4, 0.5) is 5.69 Å². The monoisotopic (exact) mass is 316 g/mol. The summed E-state index contributed by atoms with van der Waals surface area (Å²) < 4.78 is 27.1. The largest absolute Gasteiger partial charge is 0.398 e. The number of benzene rings is 1. The lowest BCUT2D eigenvalue weighted by Crippen LogP contribution is -2.34. The Bertz CT molecular complexity index is 597. The molecule has 4 nitrogen and oxygen atoms in total. The summed E-state index contributed by atoms with van der Waals surface area (Å²) in [4.78, 5) is 0.122. The highest BCUT2D eigenvalue weighted by molar-refractivity contribution is 7.89. The summed E-state index contributed by atoms with van der Waals surface area (Å²) in [6, 6.07) is 3.09. The Morgan fingerprint density at radius 2 is 2.05 bits per heavy atom. The van der Waals surface area contributed by atoms with Crippen molar-refractivity contribution in [2.75, 3.05) is 18.8 Å². The van der Waals surface area contributed by atoms with Crippen molar-refractivity contribution in [3.8, 4) is 0 Å². The molecule has 2 rings (SSSR count). The Hall–Kier alpha value is -0.780. The molecule has 1 aliphatic carbocycles. The van der Waals surface area contributed by atoms with Crippen molar-refractivity contribution < 1.29 is 8.42 Å². The molecule has 1 saturated carbocycles. The van der Waals surface area contributed by atoms with E-state index in [1.807, 2.05) is 13.8 Å². The molecule has 0 aromatic heterocycles. The smallest absolute Gasteiger partial charge is 0.244 e. The van der Waals surface area contributed by atoms with E-state index in [0.29, 0.717) is 24.7 Å². The number of nitrogen functional groups attached to an aromatic ring is 1. The number of hydrogen-bond donors (Lipinski definition) is 1. The molecule has 112 valence electrons. The topological polar surface area (TPSA) is 63.4 Å². The third-order valence-corrected chi connectivity index (χ3v) is 5.90. The summed E-state index contributed by atoms with van der Waals surface area (Å²) in [5.74, 6) is 0.498. The van der Waals surface area contributed by atoms with E-state index >= 15 is 0 Å². The lowest BCUT2D eigenvalue weighted by molar-refractivity contribution is 0.396. The standard InChI is InChI=1S/C14H21ClN2O2S/c1-3-6-17(9-11-4-5-11)20(18,19)14-8-13(16)10(2)7-12(14)15/h7-8,11H,3-6,9,16H2,1-2H3. The summed E-state index contributed by atoms with van der Waals surface area (Å²) in [6.45, 7) is 4.88. The lowest BCUT2D eigenvalue weighted by atomic mass is 10.2. The molecular weight excluding hydrogens is 296 g/mol. The van der Waals surface area contributed by atoms with Gasteiger partial charge in [-0.15, -0.1) is 0 Å². The highest BCUT2D eigenvalue weighted by atomic mass is 35.5. The van der Waals surface area contributed by atoms with Gasteiger partial charge < -0.3 is 5.73 Å². The number of anilines is 1. The van der Waals surface area contributed by atoms with E-state index in [-0.39, 0.29) is 9.92 Å². The predicted octanol–water partition coefficient (Wildman–Crippen LogP) is 3.04. The first kappa shape index (κ1) is 15.6. The first-order valence-electron chi connectivity index (χ1n) is 6.92. The molecule has 1 aliphatic rings. The Kier molecular flexibility index (Phi) is 4.62. The molecule has 1 aromatic rings. The lowest BCUT2D eigenvalue weighted by Gasteiger charge is -2.22. The molecule has 0 bridgehead atoms. The van der Waals surface area contributed by atoms with Gasteiger partial charge in [0.05, 0.1) is 5.02 Å². The van der Waals surface area contributed by atoms with E-state index in [4.69, 9.17) is 17.3 Å². The van der Waals surface area contributed by atoms with Crippen molar-refractivity contribution in [1.82, 2.24) is 4.31 Å². The maximum atomic E-state index is 12.8. The summed E-state index contributed by atoms with van der Waals surface area (Å²) in [5.41, 5.74) is 7.08. The highest BCUT2D eigenvalue weighted by Crippen LogP contribution is 2.34. The van der Waals surface area contributed by atoms with Crippen molar-refractivity contribution in [3.63, 3.8) is 0 Å². The van der Waals surface area contributed by atoms with Gasteiger partial charge in [-0.1, -0.05) is 18.5 Å². The van der Waals surface area contributed by atoms with Crippen molar-refractivity contribution in [2.45, 2.75) is 38.0 Å². The molecule has 0 spiro atoms. The predicted molar refractivity (Wildman–Crippen MR) is 82.4 cm³/mol. The molecule has 2 N–H and O–H groups in total. The van der Waals surface area contributed by atoms with Gasteiger partial charge in [-0.25, -0.2) is 8.42 Å². The van der Waals surface area contributed by atoms with Crippen LogP contribution in [0.15, 0.2) is 17.0 Å². The van der Waals surface area contributed by atoms with Gasteiger partial charge in [0.1, 0.15) is 4.90 Å². The average Bonchev–Trinajstić information content (AvgIpc) is 3.17. The molecule has 0 saturated heterocycles. The van der Waals surface area contributed by atoms with Crippen LogP contribution in [0.3, 0.4) is 0 Å². The first-order chi connectivity index (χ1) is 9.36. The molecule has 0 radical (unpaired) electrons. The number of aryl methyl sites for hydroxylation is 1. The van der Waals surface area contributed by atoms with Gasteiger partial charge in [-0.05, 0) is 49.8 Å². The molecule has 0 atom stereocenters. The number of rotatable bonds is 6. The van der Waals surface area contributed by atoms with Crippen molar-refractivity contribution in [2.24, 2.45) is 5.92 Å². The minimum Gasteiger partial charge on any atom is -0.398 e. The zero-order valence-corrected chi connectivity index (χ0v) is 13.5. The molecular formula is C14H21ClN2O2S. The van der Waals surface area contributed by atoms with Crippen LogP contribution in [-0.2, 0) is 10.0 Å². The van der Waals surface area contributed by atoms with E-state index < -0.39 is 10.0 Å². The second-order valence-corrected chi connectivity index (χ2v) is 7.76. The molecule has 0 heterocycles. The van der Waals surface area contributed by atoms with Crippen LogP contribution in [0.1, 0.15) is 31.7 Å². The highest BCUT2D eigenvalue weighted by Gasteiger charge is 2.32. The Morgan fingerprint density at radius 1 is 1.40 bits per heavy atom. The van der Waals surface area contributed by atoms with E-state index in [0.717, 1.165) is 24.8 Å². The quantitative estimate of drug-likeness (QED) is 0.820. The second kappa shape index (κ2) is 5.92. The van der Waals surface area contributed by atoms with Gasteiger partial charge in [-0.3, -0.25) is 0 Å². The third kappa shape index (κ3) is 3.27. The Balaban J connectivity index is 2.38. The molecule has 20 heavy (non-hydrogen) atoms. The normalized spacial score (nSPS) is 15.8. The van der Waals surface area contributed by atoms with Crippen LogP contribution in [-0.4, -0.2) is 25.8 Å². The first-order valence-corrected chi connectivity index (χ1v) is 8.73. The summed E-state index contributed by atoms with van der Waals surface area (Å²) >= 11 is 6.12. The van der Waals surface area contributed by atoms with Gasteiger partial charge in [0.2, 0.25) is 10.0 Å². The minimum atomic E-state index is -3.57. The number of hydrogen-bond acceptors (Lipinski definition) is 3. The molecule has 0 aliphatic heterocycles. The van der Waals surface area contributed by atoms with E-state index in [1.54, 1.807) is 10.4 Å². The number of nitrogens with two attached hydrogens (primary N) is 1. The maximum Gasteiger partial charge on any atom is 0.244 e. The van der Waals surface area contributed by atoms with Crippen molar-refractivity contribution in [1.29, 1.82) is 0 Å². The zero-order valence-electron chi connectivity index (χ0n) is 11.9. The van der Waals surface area contributed by atoms with Crippen LogP contribution in [0.5, 0.6) is 0 Å². The van der Waals surface area contributed by atoms with Crippen LogP contribution in [0.25, 0.3) is 0 Å². The zero-order chi connectivity index (χ0) is 14.9. The van der Waals surface area contributed by atoms with Crippen LogP contribution in [0.2, 0.25) is 5.02 Å². The molecule has 0 unspecified atom stereocenters. The van der Waals surface area contributed by atoms with Gasteiger partial charge in [0.25, 0.3) is 0 Å². The molecule has 1 fully saturated rings. The van der Waals surface area contributed by atoms with Gasteiger partial charge >= 0.3 is 0 Å². The maximum absolute atomic E-state index is 12.8. The van der Waals surface area contributed by atoms with E-state index in [2.05, 4.69) is 0 Å². The van der Waals surface area contributed by atoms with Crippen LogP contribution < -0.4 is 5.73 Å². The van der Waals surface area contributed by atoms with E-state index in [9.17, 15) is 8.42 Å². The van der Waals surface area contributed by atoms with E-state index in [1.165, 1.54) is 6.07 Å². The molecule has 6 heteroatoms. The van der Waals surface area contributed by atoms with Gasteiger partial charge in [0, 0.05) is 18.8 Å². The summed E-state index contributed by atoms with van der Waals surface area (Å²) in [6.07, 6.45) is 3.00. The Labute approximate surface area is 126 Å². The molecule has 0 amide bonds. The number of halogens is 1. The Morgan fingerprint density at radius 3 is 2.60 bits per heavy atom. The fourth-order valence-electron chi connectivity index (χ4n) is 2.15. The number of nitrogens with zero attached hydrogens (tertiary/aromatic N) is 1. The van der Waals surface area contributed by atoms with Crippen molar-refractivity contribution >= 4 is 27.3 Å². The third-order valence-electron chi connectivity index (χ3n) is 3.57. The minimum absolute atomic E-state index is 0.122. The van der Waals surface area contributed by atoms with Crippen molar-refractivity contribution in [3.05, 3.63) is 22.7 Å². The fraction of sp³-hybridized carbons (Fsp3) is 0.571. The van der Waals surface area contributed by atoms with Gasteiger partial charge in [-0.2, -0.15) is 4.31 Å². The summed E-state index contributed by atoms with van der Waals surface area (Å²) in [5, 5.41) is 0.244.